The molecule has 2 atom stereocenters. The van der Waals surface area contributed by atoms with Crippen LogP contribution < -0.4 is 0 Å². The number of carbonyl (C=O) groups is 1. The molecule has 0 aliphatic carbocycles. The van der Waals surface area contributed by atoms with Gasteiger partial charge in [0.25, 0.3) is 0 Å². The predicted molar refractivity (Wildman–Crippen MR) is 57.5 cm³/mol. The molecule has 15 heavy (non-hydrogen) atoms. The summed E-state index contributed by atoms with van der Waals surface area (Å²) >= 11 is 0. The average Bonchev–Trinajstić information content (AvgIpc) is 2.25. The number of hydrogen-bond acceptors (Lipinski definition) is 3. The topological polar surface area (TPSA) is 35.5 Å². The van der Waals surface area contributed by atoms with E-state index < -0.39 is 12.2 Å². The van der Waals surface area contributed by atoms with Crippen molar-refractivity contribution in [2.24, 2.45) is 0 Å². The van der Waals surface area contributed by atoms with Crippen LogP contribution in [0, 0.1) is 6.92 Å². The second kappa shape index (κ2) is 5.97. The van der Waals surface area contributed by atoms with Gasteiger partial charge >= 0.3 is 0 Å². The summed E-state index contributed by atoms with van der Waals surface area (Å²) in [4.78, 5) is 10.7. The van der Waals surface area contributed by atoms with Gasteiger partial charge < -0.3 is 13.6 Å². The molecule has 0 saturated heterocycles. The Morgan fingerprint density at radius 1 is 1.33 bits per heavy atom. The number of rotatable bonds is 5. The Labute approximate surface area is 95.9 Å². The third-order valence-corrected chi connectivity index (χ3v) is 2.59. The van der Waals surface area contributed by atoms with Crippen molar-refractivity contribution in [3.8, 4) is 0 Å². The summed E-state index contributed by atoms with van der Waals surface area (Å²) in [6, 6.07) is 7.68. The van der Waals surface area contributed by atoms with E-state index in [-0.39, 0.29) is 0 Å². The standard InChI is InChI=1S/C10H10O3Si2/c1-7-3-2-4-8(5-7)10(13-15)9(6-11)12-14/h2-6,9-10H,1H3/t9-,10+/m0/s1. The Hall–Kier alpha value is -0.756. The van der Waals surface area contributed by atoms with Gasteiger partial charge in [-0.3, -0.25) is 0 Å². The number of benzene rings is 1. The quantitative estimate of drug-likeness (QED) is 0.558. The molecule has 1 aromatic carbocycles. The van der Waals surface area contributed by atoms with Crippen LogP contribution in [0.4, 0.5) is 0 Å². The lowest BCUT2D eigenvalue weighted by Crippen LogP contribution is -2.24. The molecule has 3 nitrogen and oxygen atoms in total. The van der Waals surface area contributed by atoms with Gasteiger partial charge in [-0.15, -0.1) is 0 Å². The Morgan fingerprint density at radius 2 is 2.07 bits per heavy atom. The van der Waals surface area contributed by atoms with Crippen LogP contribution in [0.15, 0.2) is 24.3 Å². The van der Waals surface area contributed by atoms with Gasteiger partial charge in [-0.2, -0.15) is 0 Å². The lowest BCUT2D eigenvalue weighted by atomic mass is 10.0. The minimum Gasteiger partial charge on any atom is -0.409 e. The first-order valence-corrected chi connectivity index (χ1v) is 5.21. The van der Waals surface area contributed by atoms with Crippen molar-refractivity contribution in [2.75, 3.05) is 0 Å². The number of aldehydes is 1. The summed E-state index contributed by atoms with van der Waals surface area (Å²) < 4.78 is 9.88. The minimum atomic E-state index is -0.694. The van der Waals surface area contributed by atoms with Crippen molar-refractivity contribution in [3.63, 3.8) is 0 Å². The van der Waals surface area contributed by atoms with E-state index in [1.165, 1.54) is 0 Å². The highest BCUT2D eigenvalue weighted by atomic mass is 28.2. The van der Waals surface area contributed by atoms with Gasteiger partial charge in [0, 0.05) is 0 Å². The maximum absolute atomic E-state index is 10.7. The lowest BCUT2D eigenvalue weighted by Gasteiger charge is -2.21. The van der Waals surface area contributed by atoms with Gasteiger partial charge in [0.1, 0.15) is 18.5 Å². The van der Waals surface area contributed by atoms with E-state index >= 15 is 0 Å². The van der Waals surface area contributed by atoms with Crippen LogP contribution in [0.1, 0.15) is 17.2 Å². The fourth-order valence-corrected chi connectivity index (χ4v) is 1.78. The molecule has 6 radical (unpaired) electrons. The van der Waals surface area contributed by atoms with Gasteiger partial charge in [0.2, 0.25) is 21.0 Å². The molecular weight excluding hydrogens is 224 g/mol. The van der Waals surface area contributed by atoms with E-state index in [4.69, 9.17) is 8.85 Å². The molecule has 0 spiro atoms. The minimum absolute atomic E-state index is 0.475. The lowest BCUT2D eigenvalue weighted by molar-refractivity contribution is -0.117. The third-order valence-electron chi connectivity index (χ3n) is 2.07. The monoisotopic (exact) mass is 234 g/mol. The smallest absolute Gasteiger partial charge is 0.247 e. The highest BCUT2D eigenvalue weighted by Crippen LogP contribution is 2.21. The summed E-state index contributed by atoms with van der Waals surface area (Å²) in [5.74, 6) is 0. The van der Waals surface area contributed by atoms with E-state index in [1.54, 1.807) is 0 Å². The largest absolute Gasteiger partial charge is 0.409 e. The first-order chi connectivity index (χ1) is 7.22. The van der Waals surface area contributed by atoms with Gasteiger partial charge in [-0.05, 0) is 12.5 Å². The molecule has 0 fully saturated rings. The molecular formula is C10H10O3Si2. The highest BCUT2D eigenvalue weighted by molar-refractivity contribution is 5.99. The van der Waals surface area contributed by atoms with Crippen LogP contribution in [0.3, 0.4) is 0 Å². The summed E-state index contributed by atoms with van der Waals surface area (Å²) in [6.45, 7) is 1.97. The van der Waals surface area contributed by atoms with Crippen molar-refractivity contribution >= 4 is 27.3 Å². The third kappa shape index (κ3) is 3.10. The second-order valence-corrected chi connectivity index (χ2v) is 3.64. The first kappa shape index (κ1) is 12.3. The van der Waals surface area contributed by atoms with Crippen LogP contribution in [0.25, 0.3) is 0 Å². The second-order valence-electron chi connectivity index (χ2n) is 3.17. The maximum atomic E-state index is 10.7. The summed E-state index contributed by atoms with van der Waals surface area (Å²) in [5.41, 5.74) is 1.97. The molecule has 0 unspecified atom stereocenters. The van der Waals surface area contributed by atoms with Crippen LogP contribution >= 0.6 is 0 Å². The normalized spacial score (nSPS) is 14.6. The molecule has 0 saturated carbocycles. The van der Waals surface area contributed by atoms with Gasteiger partial charge in [-0.1, -0.05) is 29.8 Å². The van der Waals surface area contributed by atoms with Crippen molar-refractivity contribution in [1.29, 1.82) is 0 Å². The zero-order chi connectivity index (χ0) is 11.3. The van der Waals surface area contributed by atoms with Gasteiger partial charge in [-0.25, -0.2) is 0 Å². The molecule has 1 aromatic rings. The molecule has 0 amide bonds. The number of carbonyl (C=O) groups excluding carboxylic acids is 1. The van der Waals surface area contributed by atoms with Crippen LogP contribution in [0.5, 0.6) is 0 Å². The molecule has 0 aliphatic rings. The Balaban J connectivity index is 2.95. The van der Waals surface area contributed by atoms with Crippen molar-refractivity contribution < 1.29 is 13.6 Å². The molecule has 1 rings (SSSR count). The van der Waals surface area contributed by atoms with Crippen LogP contribution in [-0.4, -0.2) is 33.4 Å². The molecule has 5 heteroatoms. The van der Waals surface area contributed by atoms with Crippen molar-refractivity contribution in [1.82, 2.24) is 0 Å². The summed E-state index contributed by atoms with van der Waals surface area (Å²) in [7, 11) is 5.80. The van der Waals surface area contributed by atoms with E-state index in [2.05, 4.69) is 21.0 Å². The first-order valence-electron chi connectivity index (χ1n) is 4.39. The number of aryl methyl sites for hydroxylation is 1. The van der Waals surface area contributed by atoms with Crippen molar-refractivity contribution in [3.05, 3.63) is 35.4 Å². The highest BCUT2D eigenvalue weighted by Gasteiger charge is 2.21. The van der Waals surface area contributed by atoms with Gasteiger partial charge in [0.05, 0.1) is 0 Å². The Kier molecular flexibility index (Phi) is 4.90. The zero-order valence-corrected chi connectivity index (χ0v) is 10.3. The summed E-state index contributed by atoms with van der Waals surface area (Å²) in [6.07, 6.45) is -0.488. The fourth-order valence-electron chi connectivity index (χ4n) is 1.33. The Morgan fingerprint density at radius 3 is 2.53 bits per heavy atom. The SMILES string of the molecule is Cc1cccc([C@@H](O[Si])[C@H](C=O)O[Si])c1. The van der Waals surface area contributed by atoms with Crippen molar-refractivity contribution in [2.45, 2.75) is 19.1 Å². The molecule has 0 heterocycles. The van der Waals surface area contributed by atoms with E-state index in [1.807, 2.05) is 31.2 Å². The van der Waals surface area contributed by atoms with Crippen LogP contribution in [-0.2, 0) is 13.6 Å². The Bertz CT molecular complexity index is 330. The van der Waals surface area contributed by atoms with E-state index in [0.29, 0.717) is 6.29 Å². The van der Waals surface area contributed by atoms with Crippen LogP contribution in [0.2, 0.25) is 0 Å². The van der Waals surface area contributed by atoms with E-state index in [9.17, 15) is 4.79 Å². The summed E-state index contributed by atoms with van der Waals surface area (Å²) in [5, 5.41) is 0. The maximum Gasteiger partial charge on any atom is 0.247 e. The molecule has 0 bridgehead atoms. The zero-order valence-electron chi connectivity index (χ0n) is 8.27. The molecule has 0 aliphatic heterocycles. The molecule has 0 aromatic heterocycles. The van der Waals surface area contributed by atoms with Gasteiger partial charge in [0.15, 0.2) is 0 Å². The average molecular weight is 234 g/mol. The molecule has 0 N–H and O–H groups in total. The molecule has 76 valence electrons. The van der Waals surface area contributed by atoms with E-state index in [0.717, 1.165) is 11.1 Å². The fraction of sp³-hybridized carbons (Fsp3) is 0.300. The predicted octanol–water partition coefficient (Wildman–Crippen LogP) is 0.804. The number of hydrogen-bond donors (Lipinski definition) is 0.